The lowest BCUT2D eigenvalue weighted by Crippen LogP contribution is -2.34. The monoisotopic (exact) mass is 445 g/mol. The van der Waals surface area contributed by atoms with Crippen molar-refractivity contribution in [1.29, 1.82) is 0 Å². The van der Waals surface area contributed by atoms with Gasteiger partial charge in [0.1, 0.15) is 0 Å². The van der Waals surface area contributed by atoms with Crippen molar-refractivity contribution in [3.05, 3.63) is 75.7 Å². The number of hydrogen-bond donors (Lipinski definition) is 1. The summed E-state index contributed by atoms with van der Waals surface area (Å²) in [6, 6.07) is 11.0. The van der Waals surface area contributed by atoms with E-state index in [-0.39, 0.29) is 22.0 Å². The van der Waals surface area contributed by atoms with Crippen molar-refractivity contribution >= 4 is 29.0 Å². The summed E-state index contributed by atoms with van der Waals surface area (Å²) in [6.07, 6.45) is 6.85. The molecule has 1 N–H and O–H groups in total. The molecule has 0 saturated carbocycles. The smallest absolute Gasteiger partial charge is 0.282 e. The third-order valence-corrected chi connectivity index (χ3v) is 7.74. The van der Waals surface area contributed by atoms with Gasteiger partial charge in [0.05, 0.1) is 4.91 Å². The van der Waals surface area contributed by atoms with Crippen LogP contribution in [0.1, 0.15) is 68.4 Å². The molecular formula is C28H31NO2S. The highest BCUT2D eigenvalue weighted by Crippen LogP contribution is 2.48. The Morgan fingerprint density at radius 2 is 1.66 bits per heavy atom. The number of imide groups is 1. The molecule has 2 aromatic rings. The lowest BCUT2D eigenvalue weighted by Gasteiger charge is -2.42. The Balaban J connectivity index is 1.89. The summed E-state index contributed by atoms with van der Waals surface area (Å²) in [7, 11) is 0. The van der Waals surface area contributed by atoms with E-state index < -0.39 is 0 Å². The van der Waals surface area contributed by atoms with E-state index in [0.29, 0.717) is 4.91 Å². The van der Waals surface area contributed by atoms with Gasteiger partial charge < -0.3 is 0 Å². The molecule has 1 aliphatic carbocycles. The Morgan fingerprint density at radius 3 is 2.25 bits per heavy atom. The SMILES string of the molecule is C=CCc1ccc(/C=C2/SC(=O)NC2=O)cc1-c1cc2c(cc1C)C(C)(C)CCC2(C)C. The van der Waals surface area contributed by atoms with Gasteiger partial charge in [0.2, 0.25) is 0 Å². The van der Waals surface area contributed by atoms with Crippen molar-refractivity contribution in [2.45, 2.75) is 64.7 Å². The Kier molecular flexibility index (Phi) is 5.70. The lowest BCUT2D eigenvalue weighted by atomic mass is 9.62. The minimum atomic E-state index is -0.328. The molecule has 1 saturated heterocycles. The number of rotatable bonds is 4. The maximum absolute atomic E-state index is 12.0. The number of amides is 2. The van der Waals surface area contributed by atoms with Crippen LogP contribution in [0.15, 0.2) is 47.9 Å². The van der Waals surface area contributed by atoms with E-state index in [1.165, 1.54) is 40.7 Å². The number of fused-ring (bicyclic) bond motifs is 1. The van der Waals surface area contributed by atoms with Gasteiger partial charge in [-0.2, -0.15) is 0 Å². The van der Waals surface area contributed by atoms with Crippen LogP contribution in [-0.4, -0.2) is 11.1 Å². The summed E-state index contributed by atoms with van der Waals surface area (Å²) in [4.78, 5) is 24.0. The molecule has 0 radical (unpaired) electrons. The summed E-state index contributed by atoms with van der Waals surface area (Å²) in [6.45, 7) is 15.5. The summed E-state index contributed by atoms with van der Waals surface area (Å²) in [5, 5.41) is 2.01. The minimum Gasteiger partial charge on any atom is -0.282 e. The molecule has 0 aromatic heterocycles. The van der Waals surface area contributed by atoms with Gasteiger partial charge >= 0.3 is 0 Å². The van der Waals surface area contributed by atoms with Gasteiger partial charge in [-0.25, -0.2) is 0 Å². The van der Waals surface area contributed by atoms with Crippen LogP contribution in [0.4, 0.5) is 4.79 Å². The molecule has 4 rings (SSSR count). The summed E-state index contributed by atoms with van der Waals surface area (Å²) in [5.41, 5.74) is 8.95. The third kappa shape index (κ3) is 4.09. The van der Waals surface area contributed by atoms with E-state index in [0.717, 1.165) is 29.3 Å². The van der Waals surface area contributed by atoms with Gasteiger partial charge in [0.15, 0.2) is 0 Å². The molecule has 0 unspecified atom stereocenters. The standard InChI is InChI=1S/C28H31NO2S/c1-7-8-19-10-9-18(15-24-25(30)29-26(31)32-24)14-21(19)20-16-23-22(13-17(20)2)27(3,4)11-12-28(23,5)6/h7,9-10,13-16H,1,8,11-12H2,2-6H3,(H,29,30,31)/b24-15+. The number of allylic oxidation sites excluding steroid dienone is 1. The molecule has 2 aliphatic rings. The summed E-state index contributed by atoms with van der Waals surface area (Å²) in [5.74, 6) is -0.328. The molecule has 1 heterocycles. The highest BCUT2D eigenvalue weighted by Gasteiger charge is 2.37. The molecule has 2 aromatic carbocycles. The Morgan fingerprint density at radius 1 is 1.00 bits per heavy atom. The molecule has 1 aliphatic heterocycles. The van der Waals surface area contributed by atoms with Crippen molar-refractivity contribution in [2.24, 2.45) is 0 Å². The zero-order chi connectivity index (χ0) is 23.3. The fourth-order valence-corrected chi connectivity index (χ4v) is 5.53. The van der Waals surface area contributed by atoms with Crippen LogP contribution in [-0.2, 0) is 22.0 Å². The van der Waals surface area contributed by atoms with Gasteiger partial charge in [-0.05, 0) is 99.9 Å². The van der Waals surface area contributed by atoms with E-state index in [4.69, 9.17) is 0 Å². The van der Waals surface area contributed by atoms with Gasteiger partial charge in [-0.15, -0.1) is 6.58 Å². The number of hydrogen-bond acceptors (Lipinski definition) is 3. The first-order chi connectivity index (χ1) is 15.0. The van der Waals surface area contributed by atoms with E-state index in [1.807, 2.05) is 12.1 Å². The van der Waals surface area contributed by atoms with E-state index in [1.54, 1.807) is 6.08 Å². The molecule has 0 bridgehead atoms. The van der Waals surface area contributed by atoms with Crippen LogP contribution in [0, 0.1) is 6.92 Å². The first-order valence-corrected chi connectivity index (χ1v) is 12.0. The van der Waals surface area contributed by atoms with Crippen LogP contribution in [0.25, 0.3) is 17.2 Å². The fourth-order valence-electron chi connectivity index (χ4n) is 4.85. The topological polar surface area (TPSA) is 46.2 Å². The quantitative estimate of drug-likeness (QED) is 0.405. The second kappa shape index (κ2) is 8.08. The van der Waals surface area contributed by atoms with Gasteiger partial charge in [0.25, 0.3) is 11.1 Å². The molecule has 32 heavy (non-hydrogen) atoms. The molecule has 3 nitrogen and oxygen atoms in total. The van der Waals surface area contributed by atoms with Gasteiger partial charge in [-0.3, -0.25) is 14.9 Å². The Hall–Kier alpha value is -2.59. The van der Waals surface area contributed by atoms with Crippen molar-refractivity contribution in [3.8, 4) is 11.1 Å². The van der Waals surface area contributed by atoms with Crippen LogP contribution in [0.5, 0.6) is 0 Å². The van der Waals surface area contributed by atoms with Crippen LogP contribution >= 0.6 is 11.8 Å². The molecular weight excluding hydrogens is 414 g/mol. The van der Waals surface area contributed by atoms with E-state index in [9.17, 15) is 9.59 Å². The van der Waals surface area contributed by atoms with Crippen molar-refractivity contribution in [3.63, 3.8) is 0 Å². The largest absolute Gasteiger partial charge is 0.290 e. The maximum atomic E-state index is 12.0. The third-order valence-electron chi connectivity index (χ3n) is 6.93. The second-order valence-electron chi connectivity index (χ2n) is 10.2. The molecule has 0 spiro atoms. The lowest BCUT2D eigenvalue weighted by molar-refractivity contribution is -0.115. The summed E-state index contributed by atoms with van der Waals surface area (Å²) >= 11 is 0.951. The van der Waals surface area contributed by atoms with Crippen LogP contribution in [0.2, 0.25) is 0 Å². The fraction of sp³-hybridized carbons (Fsp3) is 0.357. The number of aryl methyl sites for hydroxylation is 1. The van der Waals surface area contributed by atoms with Gasteiger partial charge in [0, 0.05) is 0 Å². The minimum absolute atomic E-state index is 0.129. The molecule has 2 amide bonds. The number of carbonyl (C=O) groups excluding carboxylic acids is 2. The molecule has 1 fully saturated rings. The predicted octanol–water partition coefficient (Wildman–Crippen LogP) is 7.06. The predicted molar refractivity (Wildman–Crippen MR) is 135 cm³/mol. The normalized spacial score (nSPS) is 20.2. The van der Waals surface area contributed by atoms with E-state index >= 15 is 0 Å². The molecule has 0 atom stereocenters. The zero-order valence-corrected chi connectivity index (χ0v) is 20.4. The summed E-state index contributed by atoms with van der Waals surface area (Å²) < 4.78 is 0. The van der Waals surface area contributed by atoms with E-state index in [2.05, 4.69) is 70.8 Å². The molecule has 166 valence electrons. The zero-order valence-electron chi connectivity index (χ0n) is 19.6. The number of carbonyl (C=O) groups is 2. The van der Waals surface area contributed by atoms with Gasteiger partial charge in [-0.1, -0.05) is 58.0 Å². The Labute approximate surface area is 195 Å². The second-order valence-corrected chi connectivity index (χ2v) is 11.3. The highest BCUT2D eigenvalue weighted by molar-refractivity contribution is 8.18. The average Bonchev–Trinajstić information content (AvgIpc) is 3.03. The average molecular weight is 446 g/mol. The molecule has 4 heteroatoms. The van der Waals surface area contributed by atoms with Crippen LogP contribution in [0.3, 0.4) is 0 Å². The van der Waals surface area contributed by atoms with Crippen LogP contribution < -0.4 is 5.32 Å². The highest BCUT2D eigenvalue weighted by atomic mass is 32.2. The van der Waals surface area contributed by atoms with Crippen molar-refractivity contribution in [1.82, 2.24) is 5.32 Å². The first-order valence-electron chi connectivity index (χ1n) is 11.2. The van der Waals surface area contributed by atoms with Crippen molar-refractivity contribution < 1.29 is 9.59 Å². The number of nitrogens with one attached hydrogen (secondary N) is 1. The first kappa shape index (κ1) is 22.6. The van der Waals surface area contributed by atoms with Crippen molar-refractivity contribution in [2.75, 3.05) is 0 Å². The number of thioether (sulfide) groups is 1. The Bertz CT molecular complexity index is 1170. The maximum Gasteiger partial charge on any atom is 0.290 e. The number of benzene rings is 2.